The van der Waals surface area contributed by atoms with Gasteiger partial charge < -0.3 is 19.2 Å². The first-order chi connectivity index (χ1) is 11.5. The number of methoxy groups -OCH3 is 2. The van der Waals surface area contributed by atoms with Crippen LogP contribution in [0.1, 0.15) is 48.4 Å². The van der Waals surface area contributed by atoms with E-state index < -0.39 is 0 Å². The fourth-order valence-corrected chi connectivity index (χ4v) is 2.45. The third-order valence-corrected chi connectivity index (χ3v) is 3.51. The first-order valence-corrected chi connectivity index (χ1v) is 7.78. The highest BCUT2D eigenvalue weighted by atomic mass is 16.5. The van der Waals surface area contributed by atoms with Crippen LogP contribution in [0.15, 0.2) is 22.6 Å². The molecule has 0 bridgehead atoms. The fraction of sp³-hybridized carbons (Fsp3) is 0.471. The topological polar surface area (TPSA) is 86.5 Å². The Labute approximate surface area is 141 Å². The van der Waals surface area contributed by atoms with Crippen LogP contribution in [0, 0.1) is 12.8 Å². The predicted molar refractivity (Wildman–Crippen MR) is 88.2 cm³/mol. The highest BCUT2D eigenvalue weighted by molar-refractivity contribution is 5.99. The van der Waals surface area contributed by atoms with E-state index in [-0.39, 0.29) is 11.9 Å². The summed E-state index contributed by atoms with van der Waals surface area (Å²) in [5, 5.41) is 10.8. The van der Waals surface area contributed by atoms with Gasteiger partial charge in [-0.1, -0.05) is 19.9 Å². The normalized spacial score (nSPS) is 12.1. The molecule has 7 heteroatoms. The molecule has 1 aromatic heterocycles. The number of aromatic nitrogens is 2. The lowest BCUT2D eigenvalue weighted by molar-refractivity contribution is 0.0917. The molecule has 0 aliphatic rings. The van der Waals surface area contributed by atoms with E-state index in [4.69, 9.17) is 13.9 Å². The van der Waals surface area contributed by atoms with Gasteiger partial charge >= 0.3 is 0 Å². The summed E-state index contributed by atoms with van der Waals surface area (Å²) in [6.07, 6.45) is 0.671. The third kappa shape index (κ3) is 4.04. The van der Waals surface area contributed by atoms with Crippen molar-refractivity contribution in [2.45, 2.75) is 33.2 Å². The molecule has 1 unspecified atom stereocenters. The van der Waals surface area contributed by atoms with Crippen molar-refractivity contribution < 1.29 is 18.7 Å². The summed E-state index contributed by atoms with van der Waals surface area (Å²) >= 11 is 0. The summed E-state index contributed by atoms with van der Waals surface area (Å²) in [6.45, 7) is 5.84. The van der Waals surface area contributed by atoms with Crippen LogP contribution in [0.3, 0.4) is 0 Å². The minimum atomic E-state index is -0.381. The predicted octanol–water partition coefficient (Wildman–Crippen LogP) is 2.91. The van der Waals surface area contributed by atoms with Gasteiger partial charge in [-0.2, -0.15) is 0 Å². The van der Waals surface area contributed by atoms with Crippen LogP contribution >= 0.6 is 0 Å². The molecule has 7 nitrogen and oxygen atoms in total. The second-order valence-corrected chi connectivity index (χ2v) is 5.85. The Balaban J connectivity index is 2.31. The Morgan fingerprint density at radius 1 is 1.21 bits per heavy atom. The molecule has 0 fully saturated rings. The van der Waals surface area contributed by atoms with Crippen molar-refractivity contribution in [3.63, 3.8) is 0 Å². The molecule has 0 spiro atoms. The highest BCUT2D eigenvalue weighted by Crippen LogP contribution is 2.29. The van der Waals surface area contributed by atoms with Gasteiger partial charge in [0.15, 0.2) is 0 Å². The van der Waals surface area contributed by atoms with Crippen molar-refractivity contribution in [2.24, 2.45) is 5.92 Å². The molecule has 1 amide bonds. The van der Waals surface area contributed by atoms with Crippen LogP contribution in [0.2, 0.25) is 0 Å². The smallest absolute Gasteiger partial charge is 0.259 e. The summed E-state index contributed by atoms with van der Waals surface area (Å²) in [4.78, 5) is 12.8. The largest absolute Gasteiger partial charge is 0.496 e. The van der Waals surface area contributed by atoms with Crippen LogP contribution in [-0.4, -0.2) is 30.3 Å². The van der Waals surface area contributed by atoms with E-state index in [1.807, 2.05) is 0 Å². The van der Waals surface area contributed by atoms with Crippen molar-refractivity contribution in [3.8, 4) is 11.5 Å². The maximum atomic E-state index is 12.8. The van der Waals surface area contributed by atoms with Crippen molar-refractivity contribution in [1.29, 1.82) is 0 Å². The molecule has 0 radical (unpaired) electrons. The van der Waals surface area contributed by atoms with Gasteiger partial charge in [-0.3, -0.25) is 4.79 Å². The van der Waals surface area contributed by atoms with Crippen molar-refractivity contribution in [2.75, 3.05) is 14.2 Å². The molecule has 1 N–H and O–H groups in total. The number of hydrogen-bond donors (Lipinski definition) is 1. The molecule has 24 heavy (non-hydrogen) atoms. The van der Waals surface area contributed by atoms with E-state index >= 15 is 0 Å². The number of amides is 1. The van der Waals surface area contributed by atoms with Crippen molar-refractivity contribution >= 4 is 5.91 Å². The lowest BCUT2D eigenvalue weighted by Crippen LogP contribution is -2.30. The molecule has 2 rings (SSSR count). The van der Waals surface area contributed by atoms with E-state index in [2.05, 4.69) is 29.4 Å². The Morgan fingerprint density at radius 3 is 2.29 bits per heavy atom. The Bertz CT molecular complexity index is 675. The van der Waals surface area contributed by atoms with Gasteiger partial charge in [0, 0.05) is 6.92 Å². The number of ether oxygens (including phenoxy) is 2. The maximum absolute atomic E-state index is 12.8. The van der Waals surface area contributed by atoms with Crippen molar-refractivity contribution in [3.05, 3.63) is 35.5 Å². The molecule has 1 heterocycles. The lowest BCUT2D eigenvalue weighted by Gasteiger charge is -2.19. The molecule has 1 aromatic carbocycles. The molecule has 0 aliphatic carbocycles. The molecular weight excluding hydrogens is 310 g/mol. The third-order valence-electron chi connectivity index (χ3n) is 3.51. The molecule has 0 saturated carbocycles. The number of carbonyl (C=O) groups is 1. The fourth-order valence-electron chi connectivity index (χ4n) is 2.45. The minimum Gasteiger partial charge on any atom is -0.496 e. The van der Waals surface area contributed by atoms with Crippen LogP contribution < -0.4 is 14.8 Å². The average Bonchev–Trinajstić information content (AvgIpc) is 2.99. The number of carbonyl (C=O) groups excluding carboxylic acids is 1. The molecule has 1 atom stereocenters. The number of hydrogen-bond acceptors (Lipinski definition) is 6. The SMILES string of the molecule is COc1cccc(OC)c1C(=O)NC(CC(C)C)c1nnc(C)o1. The Kier molecular flexibility index (Phi) is 5.78. The number of aryl methyl sites for hydroxylation is 1. The van der Waals surface area contributed by atoms with E-state index in [0.29, 0.717) is 41.2 Å². The van der Waals surface area contributed by atoms with Crippen LogP contribution in [-0.2, 0) is 0 Å². The van der Waals surface area contributed by atoms with E-state index in [9.17, 15) is 4.79 Å². The standard InChI is InChI=1S/C17H23N3O4/c1-10(2)9-12(17-20-19-11(3)24-17)18-16(21)15-13(22-4)7-6-8-14(15)23-5/h6-8,10,12H,9H2,1-5H3,(H,18,21). The number of nitrogens with one attached hydrogen (secondary N) is 1. The van der Waals surface area contributed by atoms with Gasteiger partial charge in [0.2, 0.25) is 11.8 Å². The summed E-state index contributed by atoms with van der Waals surface area (Å²) < 4.78 is 16.1. The van der Waals surface area contributed by atoms with Gasteiger partial charge in [-0.15, -0.1) is 10.2 Å². The van der Waals surface area contributed by atoms with Crippen LogP contribution in [0.4, 0.5) is 0 Å². The Morgan fingerprint density at radius 2 is 1.83 bits per heavy atom. The maximum Gasteiger partial charge on any atom is 0.259 e. The van der Waals surface area contributed by atoms with Crippen LogP contribution in [0.5, 0.6) is 11.5 Å². The summed E-state index contributed by atoms with van der Waals surface area (Å²) in [5.41, 5.74) is 0.340. The first-order valence-electron chi connectivity index (χ1n) is 7.78. The number of benzene rings is 1. The first kappa shape index (κ1) is 17.8. The van der Waals surface area contributed by atoms with E-state index in [1.54, 1.807) is 25.1 Å². The van der Waals surface area contributed by atoms with Gasteiger partial charge in [0.1, 0.15) is 23.1 Å². The summed E-state index contributed by atoms with van der Waals surface area (Å²) in [5.74, 6) is 1.76. The zero-order valence-corrected chi connectivity index (χ0v) is 14.6. The molecule has 130 valence electrons. The zero-order valence-electron chi connectivity index (χ0n) is 14.6. The average molecular weight is 333 g/mol. The molecule has 0 aliphatic heterocycles. The zero-order chi connectivity index (χ0) is 17.7. The van der Waals surface area contributed by atoms with Crippen LogP contribution in [0.25, 0.3) is 0 Å². The lowest BCUT2D eigenvalue weighted by atomic mass is 10.0. The quantitative estimate of drug-likeness (QED) is 0.838. The van der Waals surface area contributed by atoms with Gasteiger partial charge in [0.05, 0.1) is 14.2 Å². The van der Waals surface area contributed by atoms with Gasteiger partial charge in [0.25, 0.3) is 5.91 Å². The second kappa shape index (κ2) is 7.81. The minimum absolute atomic E-state index is 0.314. The monoisotopic (exact) mass is 333 g/mol. The van der Waals surface area contributed by atoms with Crippen molar-refractivity contribution in [1.82, 2.24) is 15.5 Å². The summed E-state index contributed by atoms with van der Waals surface area (Å²) in [6, 6.07) is 4.81. The molecular formula is C17H23N3O4. The summed E-state index contributed by atoms with van der Waals surface area (Å²) in [7, 11) is 3.02. The molecule has 0 saturated heterocycles. The van der Waals surface area contributed by atoms with E-state index in [0.717, 1.165) is 0 Å². The van der Waals surface area contributed by atoms with Gasteiger partial charge in [-0.05, 0) is 24.5 Å². The van der Waals surface area contributed by atoms with Gasteiger partial charge in [-0.25, -0.2) is 0 Å². The number of rotatable bonds is 7. The molecule has 2 aromatic rings. The van der Waals surface area contributed by atoms with E-state index in [1.165, 1.54) is 14.2 Å². The highest BCUT2D eigenvalue weighted by Gasteiger charge is 2.25. The second-order valence-electron chi connectivity index (χ2n) is 5.85. The number of nitrogens with zero attached hydrogens (tertiary/aromatic N) is 2. The Hall–Kier alpha value is -2.57.